The van der Waals surface area contributed by atoms with Crippen molar-refractivity contribution in [1.82, 2.24) is 0 Å². The lowest BCUT2D eigenvalue weighted by molar-refractivity contribution is -0.144. The maximum Gasteiger partial charge on any atom is 0.338 e. The zero-order valence-corrected chi connectivity index (χ0v) is 8.83. The second-order valence-corrected chi connectivity index (χ2v) is 3.41. The first-order chi connectivity index (χ1) is 6.81. The van der Waals surface area contributed by atoms with Gasteiger partial charge in [-0.1, -0.05) is 45.4 Å². The van der Waals surface area contributed by atoms with Gasteiger partial charge in [0.2, 0.25) is 0 Å². The molecule has 14 heavy (non-hydrogen) atoms. The van der Waals surface area contributed by atoms with Gasteiger partial charge in [-0.15, -0.1) is 4.91 Å². The molecule has 0 aliphatic carbocycles. The number of rotatable bonds is 9. The molecule has 0 saturated heterocycles. The molecule has 0 rings (SSSR count). The smallest absolute Gasteiger partial charge is 0.285 e. The molecule has 0 aromatic carbocycles. The van der Waals surface area contributed by atoms with Crippen LogP contribution in [0.3, 0.4) is 0 Å². The fourth-order valence-electron chi connectivity index (χ4n) is 1.31. The van der Waals surface area contributed by atoms with Crippen molar-refractivity contribution in [3.8, 4) is 0 Å². The van der Waals surface area contributed by atoms with E-state index in [9.17, 15) is 9.70 Å². The SMILES string of the molecule is CCCCCCCCCC(=O)ON=O. The minimum atomic E-state index is -0.520. The van der Waals surface area contributed by atoms with Crippen LogP contribution in [0.25, 0.3) is 0 Å². The molecular formula is C10H19NO3. The number of unbranched alkanes of at least 4 members (excludes halogenated alkanes) is 6. The number of carbonyl (C=O) groups is 1. The van der Waals surface area contributed by atoms with E-state index in [-0.39, 0.29) is 0 Å². The minimum Gasteiger partial charge on any atom is -0.285 e. The highest BCUT2D eigenvalue weighted by Crippen LogP contribution is 2.08. The van der Waals surface area contributed by atoms with Gasteiger partial charge in [-0.25, -0.2) is 4.79 Å². The zero-order valence-electron chi connectivity index (χ0n) is 8.83. The molecule has 0 bridgehead atoms. The molecule has 0 aliphatic rings. The largest absolute Gasteiger partial charge is 0.338 e. The Bertz CT molecular complexity index is 159. The van der Waals surface area contributed by atoms with Crippen LogP contribution in [0.2, 0.25) is 0 Å². The summed E-state index contributed by atoms with van der Waals surface area (Å²) >= 11 is 0. The van der Waals surface area contributed by atoms with Crippen molar-refractivity contribution < 1.29 is 9.63 Å². The third-order valence-electron chi connectivity index (χ3n) is 2.12. The molecule has 0 radical (unpaired) electrons. The molecule has 4 heteroatoms. The van der Waals surface area contributed by atoms with Gasteiger partial charge >= 0.3 is 5.97 Å². The standard InChI is InChI=1S/C10H19NO3/c1-2-3-4-5-6-7-8-9-10(12)14-11-13/h2-9H2,1H3. The van der Waals surface area contributed by atoms with Crippen LogP contribution in [0, 0.1) is 4.91 Å². The summed E-state index contributed by atoms with van der Waals surface area (Å²) < 4.78 is 0. The van der Waals surface area contributed by atoms with Gasteiger partial charge in [-0.2, -0.15) is 0 Å². The lowest BCUT2D eigenvalue weighted by atomic mass is 10.1. The van der Waals surface area contributed by atoms with E-state index in [0.717, 1.165) is 19.3 Å². The predicted molar refractivity (Wildman–Crippen MR) is 54.5 cm³/mol. The van der Waals surface area contributed by atoms with Crippen LogP contribution in [-0.4, -0.2) is 5.97 Å². The molecule has 0 spiro atoms. The van der Waals surface area contributed by atoms with Gasteiger partial charge in [0.1, 0.15) is 0 Å². The van der Waals surface area contributed by atoms with Crippen molar-refractivity contribution in [3.63, 3.8) is 0 Å². The maximum absolute atomic E-state index is 10.7. The second kappa shape index (κ2) is 10.2. The van der Waals surface area contributed by atoms with Crippen LogP contribution in [-0.2, 0) is 9.63 Å². The summed E-state index contributed by atoms with van der Waals surface area (Å²) in [6, 6.07) is 0. The Hall–Kier alpha value is -0.930. The molecule has 82 valence electrons. The van der Waals surface area contributed by atoms with Crippen LogP contribution in [0.15, 0.2) is 5.34 Å². The summed E-state index contributed by atoms with van der Waals surface area (Å²) in [6.07, 6.45) is 8.32. The highest BCUT2D eigenvalue weighted by Gasteiger charge is 2.01. The van der Waals surface area contributed by atoms with E-state index in [1.807, 2.05) is 0 Å². The number of nitrogens with zero attached hydrogens (tertiary/aromatic N) is 1. The first-order valence-corrected chi connectivity index (χ1v) is 5.33. The molecule has 0 amide bonds. The van der Waals surface area contributed by atoms with E-state index in [2.05, 4.69) is 17.1 Å². The van der Waals surface area contributed by atoms with Crippen molar-refractivity contribution in [2.45, 2.75) is 58.3 Å². The summed E-state index contributed by atoms with van der Waals surface area (Å²) in [4.78, 5) is 24.1. The van der Waals surface area contributed by atoms with E-state index in [0.29, 0.717) is 6.42 Å². The fourth-order valence-corrected chi connectivity index (χ4v) is 1.31. The third-order valence-corrected chi connectivity index (χ3v) is 2.12. The zero-order chi connectivity index (χ0) is 10.6. The van der Waals surface area contributed by atoms with Gasteiger partial charge in [0.05, 0.1) is 0 Å². The molecule has 0 atom stereocenters. The average molecular weight is 201 g/mol. The van der Waals surface area contributed by atoms with E-state index in [1.165, 1.54) is 25.7 Å². The normalized spacial score (nSPS) is 9.79. The summed E-state index contributed by atoms with van der Waals surface area (Å²) in [5, 5.41) is 2.08. The molecule has 4 nitrogen and oxygen atoms in total. The highest BCUT2D eigenvalue weighted by molar-refractivity contribution is 5.68. The quantitative estimate of drug-likeness (QED) is 0.326. The Kier molecular flexibility index (Phi) is 9.48. The Balaban J connectivity index is 3.05. The number of hydrogen-bond acceptors (Lipinski definition) is 4. The topological polar surface area (TPSA) is 55.7 Å². The third kappa shape index (κ3) is 9.16. The van der Waals surface area contributed by atoms with E-state index >= 15 is 0 Å². The van der Waals surface area contributed by atoms with Gasteiger partial charge < -0.3 is 0 Å². The molecule has 0 fully saturated rings. The summed E-state index contributed by atoms with van der Waals surface area (Å²) in [7, 11) is 0. The monoisotopic (exact) mass is 201 g/mol. The van der Waals surface area contributed by atoms with Crippen molar-refractivity contribution in [2.24, 2.45) is 5.34 Å². The molecule has 0 unspecified atom stereocenters. The molecule has 0 N–H and O–H groups in total. The second-order valence-electron chi connectivity index (χ2n) is 3.41. The Morgan fingerprint density at radius 2 is 1.64 bits per heavy atom. The molecule has 0 heterocycles. The first-order valence-electron chi connectivity index (χ1n) is 5.33. The van der Waals surface area contributed by atoms with Crippen molar-refractivity contribution in [2.75, 3.05) is 0 Å². The van der Waals surface area contributed by atoms with Crippen molar-refractivity contribution in [3.05, 3.63) is 4.91 Å². The first kappa shape index (κ1) is 13.1. The Labute approximate surface area is 84.9 Å². The molecule has 0 aromatic rings. The summed E-state index contributed by atoms with van der Waals surface area (Å²) in [5.41, 5.74) is 0. The fraction of sp³-hybridized carbons (Fsp3) is 0.900. The van der Waals surface area contributed by atoms with Gasteiger partial charge in [0.25, 0.3) is 0 Å². The molecule has 0 aromatic heterocycles. The van der Waals surface area contributed by atoms with Crippen LogP contribution in [0.4, 0.5) is 0 Å². The summed E-state index contributed by atoms with van der Waals surface area (Å²) in [5.74, 6) is -0.520. The van der Waals surface area contributed by atoms with Crippen LogP contribution >= 0.6 is 0 Å². The van der Waals surface area contributed by atoms with Gasteiger partial charge in [-0.3, -0.25) is 4.84 Å². The van der Waals surface area contributed by atoms with Crippen molar-refractivity contribution in [1.29, 1.82) is 0 Å². The minimum absolute atomic E-state index is 0.305. The van der Waals surface area contributed by atoms with Gasteiger partial charge in [0, 0.05) is 6.42 Å². The average Bonchev–Trinajstić information content (AvgIpc) is 2.17. The van der Waals surface area contributed by atoms with Gasteiger partial charge in [-0.05, 0) is 6.42 Å². The van der Waals surface area contributed by atoms with Crippen molar-refractivity contribution >= 4 is 5.97 Å². The van der Waals surface area contributed by atoms with E-state index in [4.69, 9.17) is 0 Å². The van der Waals surface area contributed by atoms with Gasteiger partial charge in [0.15, 0.2) is 5.34 Å². The lowest BCUT2D eigenvalue weighted by Gasteiger charge is -1.99. The van der Waals surface area contributed by atoms with Crippen LogP contribution < -0.4 is 0 Å². The highest BCUT2D eigenvalue weighted by atomic mass is 16.7. The molecule has 0 saturated carbocycles. The number of carbonyl (C=O) groups excluding carboxylic acids is 1. The molecular weight excluding hydrogens is 182 g/mol. The lowest BCUT2D eigenvalue weighted by Crippen LogP contribution is -1.98. The maximum atomic E-state index is 10.7. The van der Waals surface area contributed by atoms with E-state index < -0.39 is 5.97 Å². The predicted octanol–water partition coefficient (Wildman–Crippen LogP) is 3.35. The molecule has 0 aliphatic heterocycles. The Morgan fingerprint density at radius 3 is 2.21 bits per heavy atom. The van der Waals surface area contributed by atoms with E-state index in [1.54, 1.807) is 0 Å². The summed E-state index contributed by atoms with van der Waals surface area (Å²) in [6.45, 7) is 2.18. The van der Waals surface area contributed by atoms with Crippen LogP contribution in [0.1, 0.15) is 58.3 Å². The Morgan fingerprint density at radius 1 is 1.07 bits per heavy atom. The van der Waals surface area contributed by atoms with Crippen LogP contribution in [0.5, 0.6) is 0 Å². The number of hydrogen-bond donors (Lipinski definition) is 0.